The molecule has 6 aliphatic carbocycles. The van der Waals surface area contributed by atoms with Gasteiger partial charge in [0.25, 0.3) is 0 Å². The van der Waals surface area contributed by atoms with E-state index < -0.39 is 0 Å². The minimum atomic E-state index is 0. The Bertz CT molecular complexity index is 978. The summed E-state index contributed by atoms with van der Waals surface area (Å²) in [6.07, 6.45) is 19.1. The number of fused-ring (bicyclic) bond motifs is 10. The van der Waals surface area contributed by atoms with Crippen LogP contribution in [0.15, 0.2) is 91.0 Å². The summed E-state index contributed by atoms with van der Waals surface area (Å²) in [5.74, 6) is 10.6. The maximum atomic E-state index is 8.63. The zero-order valence-electron chi connectivity index (χ0n) is 32.6. The SMILES string of the molecule is C.C.C1CC2C3CCC(C3)C2C1.C1CC2C3CCC(C3)C2C1.CC.CC.CC.CC.Oc1ccccc1.Oc1ccccc1.Oc1ccccc1. The van der Waals surface area contributed by atoms with Crippen LogP contribution >= 0.6 is 0 Å². The molecule has 3 aromatic carbocycles. The van der Waals surface area contributed by atoms with Crippen molar-refractivity contribution < 1.29 is 15.3 Å². The lowest BCUT2D eigenvalue weighted by atomic mass is 9.82. The summed E-state index contributed by atoms with van der Waals surface area (Å²) < 4.78 is 0. The third-order valence-corrected chi connectivity index (χ3v) is 11.0. The Morgan fingerprint density at radius 3 is 0.686 bits per heavy atom. The van der Waals surface area contributed by atoms with Crippen LogP contribution in [-0.2, 0) is 0 Å². The average Bonchev–Trinajstić information content (AvgIpc) is 4.03. The highest BCUT2D eigenvalue weighted by Gasteiger charge is 2.49. The molecule has 0 aromatic heterocycles. The second kappa shape index (κ2) is 30.7. The minimum Gasteiger partial charge on any atom is -0.508 e. The first kappa shape index (κ1) is 50.2. The molecule has 0 aliphatic heterocycles. The van der Waals surface area contributed by atoms with Crippen molar-refractivity contribution >= 4 is 0 Å². The predicted octanol–water partition coefficient (Wildman–Crippen LogP) is 15.2. The number of hydrogen-bond donors (Lipinski definition) is 3. The number of benzene rings is 3. The molecule has 6 aliphatic rings. The second-order valence-corrected chi connectivity index (χ2v) is 13.2. The topological polar surface area (TPSA) is 60.7 Å². The maximum Gasteiger partial charge on any atom is 0.115 e. The van der Waals surface area contributed by atoms with Gasteiger partial charge in [-0.15, -0.1) is 0 Å². The molecule has 8 unspecified atom stereocenters. The van der Waals surface area contributed by atoms with Crippen LogP contribution in [0.2, 0.25) is 0 Å². The van der Waals surface area contributed by atoms with Gasteiger partial charge in [-0.1, -0.05) is 138 Å². The zero-order valence-corrected chi connectivity index (χ0v) is 32.6. The number of rotatable bonds is 0. The van der Waals surface area contributed by atoms with Crippen molar-refractivity contribution in [2.24, 2.45) is 47.3 Å². The standard InChI is InChI=1S/2C10H16.3C6H6O.4C2H6.2CH4/c2*1-2-9-7-4-5-8(6-7)10(9)3-1;3*7-6-4-2-1-3-5-6;4*1-2;;/h2*7-10H,1-6H2;3*1-5,7H;4*1-2H3;2*1H4. The lowest BCUT2D eigenvalue weighted by Gasteiger charge is -2.23. The first-order valence-electron chi connectivity index (χ1n) is 20.3. The fourth-order valence-electron chi connectivity index (χ4n) is 9.32. The number of hydrogen-bond acceptors (Lipinski definition) is 3. The predicted molar refractivity (Wildman–Crippen MR) is 226 cm³/mol. The Balaban J connectivity index is 0. The van der Waals surface area contributed by atoms with Gasteiger partial charge in [0.2, 0.25) is 0 Å². The number of phenols is 3. The van der Waals surface area contributed by atoms with Crippen molar-refractivity contribution in [1.29, 1.82) is 0 Å². The Labute approximate surface area is 317 Å². The quantitative estimate of drug-likeness (QED) is 0.218. The molecule has 51 heavy (non-hydrogen) atoms. The molecule has 3 nitrogen and oxygen atoms in total. The van der Waals surface area contributed by atoms with Crippen LogP contribution in [0.5, 0.6) is 17.2 Å². The number of aromatic hydroxyl groups is 3. The van der Waals surface area contributed by atoms with Gasteiger partial charge in [0.15, 0.2) is 0 Å². The monoisotopic (exact) mass is 707 g/mol. The summed E-state index contributed by atoms with van der Waals surface area (Å²) in [5, 5.41) is 25.9. The van der Waals surface area contributed by atoms with Crippen molar-refractivity contribution in [3.05, 3.63) is 91.0 Å². The lowest BCUT2D eigenvalue weighted by Crippen LogP contribution is -2.15. The molecule has 3 aromatic rings. The number of para-hydroxylation sites is 3. The highest BCUT2D eigenvalue weighted by Crippen LogP contribution is 2.59. The third kappa shape index (κ3) is 17.0. The summed E-state index contributed by atoms with van der Waals surface area (Å²) in [6, 6.07) is 26.1. The fraction of sp³-hybridized carbons (Fsp3) is 0.625. The van der Waals surface area contributed by atoms with E-state index in [1.165, 1.54) is 47.3 Å². The van der Waals surface area contributed by atoms with Gasteiger partial charge < -0.3 is 15.3 Å². The Morgan fingerprint density at radius 1 is 0.333 bits per heavy atom. The van der Waals surface area contributed by atoms with Crippen molar-refractivity contribution in [3.63, 3.8) is 0 Å². The molecular weight excluding hydrogens is 625 g/mol. The van der Waals surface area contributed by atoms with Gasteiger partial charge in [-0.3, -0.25) is 0 Å². The van der Waals surface area contributed by atoms with Crippen LogP contribution in [0.4, 0.5) is 0 Å². The average molecular weight is 707 g/mol. The third-order valence-electron chi connectivity index (χ3n) is 11.0. The molecule has 0 heterocycles. The molecule has 3 heteroatoms. The van der Waals surface area contributed by atoms with Crippen LogP contribution < -0.4 is 0 Å². The minimum absolute atomic E-state index is 0. The summed E-state index contributed by atoms with van der Waals surface area (Å²) in [7, 11) is 0. The molecule has 4 bridgehead atoms. The first-order valence-corrected chi connectivity index (χ1v) is 20.3. The van der Waals surface area contributed by atoms with Gasteiger partial charge in [-0.2, -0.15) is 0 Å². The van der Waals surface area contributed by atoms with Crippen LogP contribution in [0.3, 0.4) is 0 Å². The summed E-state index contributed by atoms with van der Waals surface area (Å²) >= 11 is 0. The fourth-order valence-corrected chi connectivity index (χ4v) is 9.32. The van der Waals surface area contributed by atoms with Crippen LogP contribution in [-0.4, -0.2) is 15.3 Å². The molecule has 8 atom stereocenters. The van der Waals surface area contributed by atoms with Gasteiger partial charge in [0.05, 0.1) is 0 Å². The highest BCUT2D eigenvalue weighted by molar-refractivity contribution is 5.19. The van der Waals surface area contributed by atoms with Crippen LogP contribution in [0, 0.1) is 47.3 Å². The van der Waals surface area contributed by atoms with E-state index in [0.29, 0.717) is 17.2 Å². The van der Waals surface area contributed by atoms with E-state index >= 15 is 0 Å². The summed E-state index contributed by atoms with van der Waals surface area (Å²) in [5.41, 5.74) is 0. The van der Waals surface area contributed by atoms with Crippen LogP contribution in [0.25, 0.3) is 0 Å². The molecule has 6 fully saturated rings. The smallest absolute Gasteiger partial charge is 0.115 e. The van der Waals surface area contributed by atoms with E-state index in [0.717, 1.165) is 0 Å². The normalized spacial score (nSPS) is 26.6. The molecular formula is C48H82O3. The summed E-state index contributed by atoms with van der Waals surface area (Å²) in [4.78, 5) is 0. The van der Waals surface area contributed by atoms with E-state index in [4.69, 9.17) is 15.3 Å². The van der Waals surface area contributed by atoms with Crippen molar-refractivity contribution in [1.82, 2.24) is 0 Å². The second-order valence-electron chi connectivity index (χ2n) is 13.2. The molecule has 0 radical (unpaired) electrons. The van der Waals surface area contributed by atoms with E-state index in [9.17, 15) is 0 Å². The maximum absolute atomic E-state index is 8.63. The largest absolute Gasteiger partial charge is 0.508 e. The van der Waals surface area contributed by atoms with Crippen molar-refractivity contribution in [2.75, 3.05) is 0 Å². The van der Waals surface area contributed by atoms with Crippen LogP contribution in [0.1, 0.15) is 147 Å². The van der Waals surface area contributed by atoms with E-state index in [-0.39, 0.29) is 14.9 Å². The molecule has 3 N–H and O–H groups in total. The molecule has 9 rings (SSSR count). The zero-order chi connectivity index (χ0) is 36.4. The lowest BCUT2D eigenvalue weighted by molar-refractivity contribution is 0.259. The summed E-state index contributed by atoms with van der Waals surface area (Å²) in [6.45, 7) is 16.0. The highest BCUT2D eigenvalue weighted by atomic mass is 16.3. The van der Waals surface area contributed by atoms with Gasteiger partial charge >= 0.3 is 0 Å². The first-order chi connectivity index (χ1) is 24.1. The Morgan fingerprint density at radius 2 is 0.529 bits per heavy atom. The van der Waals surface area contributed by atoms with E-state index in [1.807, 2.05) is 73.6 Å². The van der Waals surface area contributed by atoms with E-state index in [1.54, 1.807) is 150 Å². The van der Waals surface area contributed by atoms with Crippen molar-refractivity contribution in [3.8, 4) is 17.2 Å². The van der Waals surface area contributed by atoms with Gasteiger partial charge in [0, 0.05) is 0 Å². The molecule has 6 saturated carbocycles. The van der Waals surface area contributed by atoms with Crippen molar-refractivity contribution in [2.45, 2.75) is 147 Å². The molecule has 0 amide bonds. The molecule has 0 spiro atoms. The number of phenolic OH excluding ortho intramolecular Hbond substituents is 3. The van der Waals surface area contributed by atoms with Gasteiger partial charge in [-0.25, -0.2) is 0 Å². The molecule has 292 valence electrons. The van der Waals surface area contributed by atoms with E-state index in [2.05, 4.69) is 0 Å². The van der Waals surface area contributed by atoms with Gasteiger partial charge in [-0.05, 0) is 148 Å². The molecule has 0 saturated heterocycles. The Kier molecular flexibility index (Phi) is 30.2. The Hall–Kier alpha value is -2.94. The van der Waals surface area contributed by atoms with Gasteiger partial charge in [0.1, 0.15) is 17.2 Å².